The average molecular weight is 341 g/mol. The maximum atomic E-state index is 11.7. The van der Waals surface area contributed by atoms with Crippen LogP contribution in [0.25, 0.3) is 0 Å². The second-order valence-corrected chi connectivity index (χ2v) is 6.36. The number of hydrogen-bond donors (Lipinski definition) is 2. The van der Waals surface area contributed by atoms with Crippen molar-refractivity contribution in [1.29, 1.82) is 0 Å². The zero-order valence-electron chi connectivity index (χ0n) is 15.5. The molecule has 0 aromatic heterocycles. The van der Waals surface area contributed by atoms with Gasteiger partial charge in [-0.2, -0.15) is 0 Å². The van der Waals surface area contributed by atoms with Gasteiger partial charge in [0.15, 0.2) is 5.96 Å². The fourth-order valence-electron chi connectivity index (χ4n) is 2.31. The number of guanidine groups is 1. The summed E-state index contributed by atoms with van der Waals surface area (Å²) in [5.74, 6) is 0.590. The number of amides is 2. The largest absolute Gasteiger partial charge is 0.450 e. The third-order valence-electron chi connectivity index (χ3n) is 3.66. The van der Waals surface area contributed by atoms with Crippen LogP contribution in [0.15, 0.2) is 4.99 Å². The summed E-state index contributed by atoms with van der Waals surface area (Å²) in [4.78, 5) is 31.0. The number of nitrogens with zero attached hydrogens (tertiary/aromatic N) is 3. The van der Waals surface area contributed by atoms with Crippen LogP contribution in [-0.2, 0) is 9.53 Å². The minimum Gasteiger partial charge on any atom is -0.450 e. The number of rotatable bonds is 5. The number of likely N-dealkylation sites (tertiary alicyclic amines) is 1. The van der Waals surface area contributed by atoms with Gasteiger partial charge in [0.2, 0.25) is 5.91 Å². The van der Waals surface area contributed by atoms with E-state index >= 15 is 0 Å². The molecule has 24 heavy (non-hydrogen) atoms. The smallest absolute Gasteiger partial charge is 0.409 e. The first-order chi connectivity index (χ1) is 11.3. The summed E-state index contributed by atoms with van der Waals surface area (Å²) in [6.07, 6.45) is 1.39. The molecule has 0 atom stereocenters. The Balaban J connectivity index is 2.54. The second kappa shape index (κ2) is 10.00. The molecule has 0 radical (unpaired) electrons. The predicted octanol–water partition coefficient (Wildman–Crippen LogP) is 0.639. The van der Waals surface area contributed by atoms with Crippen molar-refractivity contribution < 1.29 is 14.3 Å². The van der Waals surface area contributed by atoms with E-state index < -0.39 is 0 Å². The van der Waals surface area contributed by atoms with E-state index in [2.05, 4.69) is 15.6 Å². The minimum atomic E-state index is -0.248. The first-order valence-corrected chi connectivity index (χ1v) is 8.52. The van der Waals surface area contributed by atoms with Gasteiger partial charge in [-0.1, -0.05) is 0 Å². The van der Waals surface area contributed by atoms with Gasteiger partial charge in [-0.3, -0.25) is 4.79 Å². The summed E-state index contributed by atoms with van der Waals surface area (Å²) in [6.45, 7) is 7.66. The highest BCUT2D eigenvalue weighted by Crippen LogP contribution is 2.11. The van der Waals surface area contributed by atoms with Crippen molar-refractivity contribution in [3.8, 4) is 0 Å². The minimum absolute atomic E-state index is 0.0445. The zero-order valence-corrected chi connectivity index (χ0v) is 15.5. The number of carbonyl (C=O) groups excluding carboxylic acids is 2. The number of ether oxygens (including phenoxy) is 1. The molecule has 0 aromatic rings. The van der Waals surface area contributed by atoms with E-state index in [4.69, 9.17) is 4.74 Å². The Kier molecular flexibility index (Phi) is 8.35. The van der Waals surface area contributed by atoms with Crippen molar-refractivity contribution >= 4 is 18.0 Å². The predicted molar refractivity (Wildman–Crippen MR) is 94.0 cm³/mol. The molecule has 8 heteroatoms. The first-order valence-electron chi connectivity index (χ1n) is 8.52. The van der Waals surface area contributed by atoms with Crippen molar-refractivity contribution in [2.24, 2.45) is 4.99 Å². The lowest BCUT2D eigenvalue weighted by Gasteiger charge is -2.32. The Bertz CT molecular complexity index is 443. The highest BCUT2D eigenvalue weighted by molar-refractivity contribution is 5.85. The third kappa shape index (κ3) is 7.06. The fourth-order valence-corrected chi connectivity index (χ4v) is 2.31. The van der Waals surface area contributed by atoms with Crippen molar-refractivity contribution in [3.05, 3.63) is 0 Å². The van der Waals surface area contributed by atoms with Gasteiger partial charge in [0, 0.05) is 39.3 Å². The molecule has 0 aliphatic carbocycles. The van der Waals surface area contributed by atoms with Crippen molar-refractivity contribution in [3.63, 3.8) is 0 Å². The van der Waals surface area contributed by atoms with E-state index in [1.807, 2.05) is 20.8 Å². The van der Waals surface area contributed by atoms with Gasteiger partial charge in [-0.05, 0) is 33.6 Å². The lowest BCUT2D eigenvalue weighted by molar-refractivity contribution is -0.127. The average Bonchev–Trinajstić information content (AvgIpc) is 2.52. The van der Waals surface area contributed by atoms with E-state index in [-0.39, 0.29) is 30.6 Å². The van der Waals surface area contributed by atoms with Gasteiger partial charge < -0.3 is 25.2 Å². The van der Waals surface area contributed by atoms with Gasteiger partial charge in [-0.15, -0.1) is 0 Å². The van der Waals surface area contributed by atoms with Crippen LogP contribution in [0.2, 0.25) is 0 Å². The molecule has 0 aromatic carbocycles. The fraction of sp³-hybridized carbons (Fsp3) is 0.812. The summed E-state index contributed by atoms with van der Waals surface area (Å²) >= 11 is 0. The van der Waals surface area contributed by atoms with E-state index in [1.165, 1.54) is 4.90 Å². The van der Waals surface area contributed by atoms with Gasteiger partial charge in [0.25, 0.3) is 0 Å². The third-order valence-corrected chi connectivity index (χ3v) is 3.66. The van der Waals surface area contributed by atoms with Crippen molar-refractivity contribution in [1.82, 2.24) is 20.4 Å². The molecule has 0 spiro atoms. The molecule has 1 aliphatic heterocycles. The Morgan fingerprint density at radius 3 is 2.42 bits per heavy atom. The Hall–Kier alpha value is -1.99. The Morgan fingerprint density at radius 1 is 1.29 bits per heavy atom. The molecule has 1 rings (SSSR count). The summed E-state index contributed by atoms with van der Waals surface area (Å²) in [6, 6.07) is 0.431. The number of aliphatic imine (C=N–C) groups is 1. The van der Waals surface area contributed by atoms with E-state index in [9.17, 15) is 9.59 Å². The number of carbonyl (C=O) groups is 2. The summed E-state index contributed by atoms with van der Waals surface area (Å²) in [5, 5.41) is 6.60. The highest BCUT2D eigenvalue weighted by atomic mass is 16.6. The molecular formula is C16H31N5O3. The standard InChI is InChI=1S/C16H31N5O3/c1-6-24-16(23)21-9-7-13(8-10-21)19-15(18-12(2)3)17-11-14(22)20(4)5/h12-13H,6-11H2,1-5H3,(H2,17,18,19). The lowest BCUT2D eigenvalue weighted by atomic mass is 10.1. The van der Waals surface area contributed by atoms with Crippen LogP contribution < -0.4 is 10.6 Å². The number of piperidine rings is 1. The maximum Gasteiger partial charge on any atom is 0.409 e. The molecule has 0 unspecified atom stereocenters. The molecular weight excluding hydrogens is 310 g/mol. The van der Waals surface area contributed by atoms with E-state index in [1.54, 1.807) is 19.0 Å². The van der Waals surface area contributed by atoms with Crippen LogP contribution in [0.5, 0.6) is 0 Å². The quantitative estimate of drug-likeness (QED) is 0.566. The normalized spacial score (nSPS) is 16.1. The Morgan fingerprint density at radius 2 is 1.92 bits per heavy atom. The van der Waals surface area contributed by atoms with Gasteiger partial charge >= 0.3 is 6.09 Å². The van der Waals surface area contributed by atoms with Crippen molar-refractivity contribution in [2.45, 2.75) is 45.7 Å². The van der Waals surface area contributed by atoms with Gasteiger partial charge in [0.05, 0.1) is 6.61 Å². The molecule has 1 aliphatic rings. The molecule has 2 N–H and O–H groups in total. The molecule has 2 amide bonds. The van der Waals surface area contributed by atoms with Crippen LogP contribution in [0.4, 0.5) is 4.79 Å². The second-order valence-electron chi connectivity index (χ2n) is 6.36. The molecule has 0 saturated carbocycles. The molecule has 1 saturated heterocycles. The van der Waals surface area contributed by atoms with Gasteiger partial charge in [-0.25, -0.2) is 9.79 Å². The molecule has 1 heterocycles. The summed E-state index contributed by atoms with van der Waals surface area (Å²) in [7, 11) is 3.43. The van der Waals surface area contributed by atoms with Crippen LogP contribution >= 0.6 is 0 Å². The van der Waals surface area contributed by atoms with Crippen LogP contribution in [-0.4, -0.2) is 80.2 Å². The van der Waals surface area contributed by atoms with E-state index in [0.29, 0.717) is 25.7 Å². The van der Waals surface area contributed by atoms with E-state index in [0.717, 1.165) is 12.8 Å². The molecule has 0 bridgehead atoms. The number of nitrogens with one attached hydrogen (secondary N) is 2. The monoisotopic (exact) mass is 341 g/mol. The maximum absolute atomic E-state index is 11.7. The van der Waals surface area contributed by atoms with Crippen LogP contribution in [0, 0.1) is 0 Å². The molecule has 1 fully saturated rings. The van der Waals surface area contributed by atoms with Crippen LogP contribution in [0.3, 0.4) is 0 Å². The SMILES string of the molecule is CCOC(=O)N1CCC(NC(=NCC(=O)N(C)C)NC(C)C)CC1. The van der Waals surface area contributed by atoms with Crippen LogP contribution in [0.1, 0.15) is 33.6 Å². The zero-order chi connectivity index (χ0) is 18.1. The first kappa shape index (κ1) is 20.1. The number of likely N-dealkylation sites (N-methyl/N-ethyl adjacent to an activating group) is 1. The molecule has 138 valence electrons. The van der Waals surface area contributed by atoms with Crippen molar-refractivity contribution in [2.75, 3.05) is 40.3 Å². The van der Waals surface area contributed by atoms with Gasteiger partial charge in [0.1, 0.15) is 6.54 Å². The summed E-state index contributed by atoms with van der Waals surface area (Å²) in [5.41, 5.74) is 0. The summed E-state index contributed by atoms with van der Waals surface area (Å²) < 4.78 is 5.03. The molecule has 8 nitrogen and oxygen atoms in total. The number of hydrogen-bond acceptors (Lipinski definition) is 4. The highest BCUT2D eigenvalue weighted by Gasteiger charge is 2.24. The Labute approximate surface area is 144 Å². The lowest BCUT2D eigenvalue weighted by Crippen LogP contribution is -2.51. The topological polar surface area (TPSA) is 86.3 Å².